The van der Waals surface area contributed by atoms with Gasteiger partial charge in [0.1, 0.15) is 5.82 Å². The fourth-order valence-electron chi connectivity index (χ4n) is 3.06. The summed E-state index contributed by atoms with van der Waals surface area (Å²) in [4.78, 5) is 2.30. The molecule has 1 aliphatic rings. The lowest BCUT2D eigenvalue weighted by Crippen LogP contribution is -2.27. The molecule has 2 atom stereocenters. The van der Waals surface area contributed by atoms with Gasteiger partial charge in [-0.3, -0.25) is 4.90 Å². The molecule has 0 aliphatic carbocycles. The minimum atomic E-state index is -0.769. The number of benzene rings is 2. The number of fused-ring (bicyclic) bond motifs is 1. The maximum absolute atomic E-state index is 13.8. The number of nitrogens with zero attached hydrogens (tertiary/aromatic N) is 1. The van der Waals surface area contributed by atoms with Crippen LogP contribution in [0.1, 0.15) is 29.7 Å². The second kappa shape index (κ2) is 5.96. The van der Waals surface area contributed by atoms with Gasteiger partial charge in [-0.15, -0.1) is 0 Å². The third-order valence-electron chi connectivity index (χ3n) is 4.22. The van der Waals surface area contributed by atoms with E-state index in [-0.39, 0.29) is 11.7 Å². The molecule has 0 saturated heterocycles. The van der Waals surface area contributed by atoms with Crippen LogP contribution in [0, 0.1) is 11.7 Å². The summed E-state index contributed by atoms with van der Waals surface area (Å²) < 4.78 is 13.8. The predicted octanol–water partition coefficient (Wildman–Crippen LogP) is 3.51. The molecule has 0 radical (unpaired) electrons. The molecule has 21 heavy (non-hydrogen) atoms. The number of aliphatic hydroxyl groups is 1. The Morgan fingerprint density at radius 2 is 1.62 bits per heavy atom. The molecule has 3 rings (SSSR count). The average molecular weight is 285 g/mol. The normalized spacial score (nSPS) is 17.5. The fourth-order valence-corrected chi connectivity index (χ4v) is 3.06. The standard InChI is InChI=1S/C18H20FNO/c1-13(18(21)16-8-4-5-9-17(16)19)10-20-11-14-6-2-3-7-15(14)12-20/h2-9,13,18,21H,10-12H2,1H3. The fraction of sp³-hybridized carbons (Fsp3) is 0.333. The van der Waals surface area contributed by atoms with Crippen LogP contribution in [-0.4, -0.2) is 16.6 Å². The van der Waals surface area contributed by atoms with Crippen molar-refractivity contribution in [3.8, 4) is 0 Å². The van der Waals surface area contributed by atoms with Gasteiger partial charge >= 0.3 is 0 Å². The van der Waals surface area contributed by atoms with Gasteiger partial charge in [-0.1, -0.05) is 49.4 Å². The number of rotatable bonds is 4. The summed E-state index contributed by atoms with van der Waals surface area (Å²) in [6.45, 7) is 4.54. The van der Waals surface area contributed by atoms with Crippen molar-refractivity contribution in [1.29, 1.82) is 0 Å². The minimum Gasteiger partial charge on any atom is -0.388 e. The molecule has 110 valence electrons. The van der Waals surface area contributed by atoms with E-state index in [0.29, 0.717) is 5.56 Å². The van der Waals surface area contributed by atoms with E-state index in [9.17, 15) is 9.50 Å². The van der Waals surface area contributed by atoms with Gasteiger partial charge in [0.25, 0.3) is 0 Å². The van der Waals surface area contributed by atoms with E-state index < -0.39 is 6.10 Å². The Morgan fingerprint density at radius 1 is 1.05 bits per heavy atom. The lowest BCUT2D eigenvalue weighted by Gasteiger charge is -2.25. The molecule has 2 aromatic carbocycles. The molecule has 0 bridgehead atoms. The zero-order valence-corrected chi connectivity index (χ0v) is 12.2. The molecule has 1 N–H and O–H groups in total. The smallest absolute Gasteiger partial charge is 0.129 e. The Balaban J connectivity index is 1.65. The van der Waals surface area contributed by atoms with Gasteiger partial charge in [-0.25, -0.2) is 4.39 Å². The molecular formula is C18H20FNO. The minimum absolute atomic E-state index is 0.0174. The first kappa shape index (κ1) is 14.2. The molecule has 2 nitrogen and oxygen atoms in total. The monoisotopic (exact) mass is 285 g/mol. The van der Waals surface area contributed by atoms with E-state index in [4.69, 9.17) is 0 Å². The highest BCUT2D eigenvalue weighted by Crippen LogP contribution is 2.28. The van der Waals surface area contributed by atoms with Crippen LogP contribution in [0.15, 0.2) is 48.5 Å². The SMILES string of the molecule is CC(CN1Cc2ccccc2C1)C(O)c1ccccc1F. The van der Waals surface area contributed by atoms with E-state index >= 15 is 0 Å². The zero-order valence-electron chi connectivity index (χ0n) is 12.2. The van der Waals surface area contributed by atoms with Crippen molar-refractivity contribution in [3.05, 3.63) is 71.0 Å². The van der Waals surface area contributed by atoms with Crippen molar-refractivity contribution >= 4 is 0 Å². The first-order valence-electron chi connectivity index (χ1n) is 7.37. The molecule has 2 aromatic rings. The zero-order chi connectivity index (χ0) is 14.8. The summed E-state index contributed by atoms with van der Waals surface area (Å²) in [6, 6.07) is 14.9. The number of aliphatic hydroxyl groups excluding tert-OH is 1. The van der Waals surface area contributed by atoms with Gasteiger partial charge in [0.15, 0.2) is 0 Å². The molecule has 1 heterocycles. The molecule has 0 spiro atoms. The maximum atomic E-state index is 13.8. The van der Waals surface area contributed by atoms with Gasteiger partial charge in [0.2, 0.25) is 0 Å². The third-order valence-corrected chi connectivity index (χ3v) is 4.22. The van der Waals surface area contributed by atoms with Crippen LogP contribution in [0.5, 0.6) is 0 Å². The van der Waals surface area contributed by atoms with Gasteiger partial charge in [0.05, 0.1) is 6.10 Å². The van der Waals surface area contributed by atoms with Crippen LogP contribution in [-0.2, 0) is 13.1 Å². The highest BCUT2D eigenvalue weighted by Gasteiger charge is 2.25. The van der Waals surface area contributed by atoms with Crippen LogP contribution < -0.4 is 0 Å². The van der Waals surface area contributed by atoms with Gasteiger partial charge < -0.3 is 5.11 Å². The first-order valence-corrected chi connectivity index (χ1v) is 7.37. The topological polar surface area (TPSA) is 23.5 Å². The van der Waals surface area contributed by atoms with E-state index in [2.05, 4.69) is 29.2 Å². The highest BCUT2D eigenvalue weighted by atomic mass is 19.1. The summed E-state index contributed by atoms with van der Waals surface area (Å²) in [6.07, 6.45) is -0.769. The molecule has 0 aromatic heterocycles. The average Bonchev–Trinajstić information content (AvgIpc) is 2.89. The maximum Gasteiger partial charge on any atom is 0.129 e. The van der Waals surface area contributed by atoms with Crippen molar-refractivity contribution in [2.75, 3.05) is 6.54 Å². The van der Waals surface area contributed by atoms with Gasteiger partial charge in [-0.2, -0.15) is 0 Å². The largest absolute Gasteiger partial charge is 0.388 e. The van der Waals surface area contributed by atoms with Crippen LogP contribution in [0.2, 0.25) is 0 Å². The molecule has 3 heteroatoms. The molecule has 1 aliphatic heterocycles. The lowest BCUT2D eigenvalue weighted by molar-refractivity contribution is 0.0844. The first-order chi connectivity index (χ1) is 10.1. The summed E-state index contributed by atoms with van der Waals surface area (Å²) in [7, 11) is 0. The van der Waals surface area contributed by atoms with E-state index in [1.807, 2.05) is 6.92 Å². The summed E-state index contributed by atoms with van der Waals surface area (Å²) in [5.74, 6) is -0.349. The number of hydrogen-bond acceptors (Lipinski definition) is 2. The molecule has 0 saturated carbocycles. The lowest BCUT2D eigenvalue weighted by atomic mass is 9.96. The van der Waals surface area contributed by atoms with Gasteiger partial charge in [-0.05, 0) is 23.1 Å². The van der Waals surface area contributed by atoms with E-state index in [0.717, 1.165) is 19.6 Å². The van der Waals surface area contributed by atoms with Crippen molar-refractivity contribution in [2.24, 2.45) is 5.92 Å². The molecule has 2 unspecified atom stereocenters. The second-order valence-electron chi connectivity index (χ2n) is 5.88. The quantitative estimate of drug-likeness (QED) is 0.929. The van der Waals surface area contributed by atoms with Crippen molar-refractivity contribution in [1.82, 2.24) is 4.90 Å². The highest BCUT2D eigenvalue weighted by molar-refractivity contribution is 5.30. The Kier molecular flexibility index (Phi) is 4.04. The Morgan fingerprint density at radius 3 is 2.24 bits per heavy atom. The Labute approximate surface area is 124 Å². The van der Waals surface area contributed by atoms with Crippen LogP contribution >= 0.6 is 0 Å². The summed E-state index contributed by atoms with van der Waals surface area (Å²) in [5.41, 5.74) is 3.09. The number of hydrogen-bond donors (Lipinski definition) is 1. The predicted molar refractivity (Wildman–Crippen MR) is 81.1 cm³/mol. The van der Waals surface area contributed by atoms with Crippen molar-refractivity contribution < 1.29 is 9.50 Å². The van der Waals surface area contributed by atoms with E-state index in [1.54, 1.807) is 18.2 Å². The Hall–Kier alpha value is -1.71. The second-order valence-corrected chi connectivity index (χ2v) is 5.88. The molecule has 0 fully saturated rings. The third kappa shape index (κ3) is 2.99. The summed E-state index contributed by atoms with van der Waals surface area (Å²) in [5, 5.41) is 10.4. The Bertz CT molecular complexity index is 603. The van der Waals surface area contributed by atoms with Crippen molar-refractivity contribution in [3.63, 3.8) is 0 Å². The molecule has 0 amide bonds. The van der Waals surface area contributed by atoms with Crippen LogP contribution in [0.25, 0.3) is 0 Å². The van der Waals surface area contributed by atoms with Crippen LogP contribution in [0.4, 0.5) is 4.39 Å². The summed E-state index contributed by atoms with van der Waals surface area (Å²) >= 11 is 0. The van der Waals surface area contributed by atoms with Crippen molar-refractivity contribution in [2.45, 2.75) is 26.1 Å². The van der Waals surface area contributed by atoms with Crippen LogP contribution in [0.3, 0.4) is 0 Å². The van der Waals surface area contributed by atoms with Gasteiger partial charge in [0, 0.05) is 25.2 Å². The number of halogens is 1. The molecular weight excluding hydrogens is 265 g/mol. The van der Waals surface area contributed by atoms with E-state index in [1.165, 1.54) is 17.2 Å².